The molecular formula is C23H24N6O5. The maximum Gasteiger partial charge on any atom is 0.329 e. The van der Waals surface area contributed by atoms with Gasteiger partial charge in [0.1, 0.15) is 24.2 Å². The molecular weight excluding hydrogens is 440 g/mol. The number of nitrogens with zero attached hydrogens (tertiary/aromatic N) is 4. The molecule has 0 radical (unpaired) electrons. The molecule has 0 amide bonds. The number of hydrazone groups is 1. The number of fused-ring (bicyclic) bond motifs is 1. The second kappa shape index (κ2) is 9.63. The summed E-state index contributed by atoms with van der Waals surface area (Å²) in [6.45, 7) is 1.60. The number of phenols is 1. The van der Waals surface area contributed by atoms with E-state index in [0.717, 1.165) is 0 Å². The third-order valence-corrected chi connectivity index (χ3v) is 5.20. The number of aromatic amines is 1. The van der Waals surface area contributed by atoms with Crippen LogP contribution in [0.25, 0.3) is 11.2 Å². The van der Waals surface area contributed by atoms with Crippen LogP contribution in [-0.2, 0) is 13.6 Å². The van der Waals surface area contributed by atoms with Crippen LogP contribution >= 0.6 is 0 Å². The van der Waals surface area contributed by atoms with E-state index in [0.29, 0.717) is 17.0 Å². The van der Waals surface area contributed by atoms with Gasteiger partial charge in [-0.15, -0.1) is 0 Å². The molecule has 0 saturated carbocycles. The fraction of sp³-hybridized carbons (Fsp3) is 0.217. The van der Waals surface area contributed by atoms with Crippen molar-refractivity contribution in [3.8, 4) is 11.5 Å². The molecule has 11 nitrogen and oxygen atoms in total. The van der Waals surface area contributed by atoms with Crippen molar-refractivity contribution in [2.24, 2.45) is 12.1 Å². The lowest BCUT2D eigenvalue weighted by molar-refractivity contribution is 0.0938. The van der Waals surface area contributed by atoms with E-state index in [4.69, 9.17) is 4.74 Å². The number of benzene rings is 2. The highest BCUT2D eigenvalue weighted by Crippen LogP contribution is 2.19. The molecule has 34 heavy (non-hydrogen) atoms. The first kappa shape index (κ1) is 22.8. The number of para-hydroxylation sites is 2. The summed E-state index contributed by atoms with van der Waals surface area (Å²) in [5.74, 6) is 0.792. The van der Waals surface area contributed by atoms with E-state index in [2.05, 4.69) is 20.5 Å². The average molecular weight is 464 g/mol. The van der Waals surface area contributed by atoms with Crippen molar-refractivity contribution in [2.75, 3.05) is 12.0 Å². The van der Waals surface area contributed by atoms with E-state index >= 15 is 0 Å². The molecule has 1 unspecified atom stereocenters. The highest BCUT2D eigenvalue weighted by atomic mass is 16.5. The molecule has 0 bridgehead atoms. The highest BCUT2D eigenvalue weighted by Gasteiger charge is 2.20. The van der Waals surface area contributed by atoms with Gasteiger partial charge in [0.2, 0.25) is 5.95 Å². The molecule has 0 saturated heterocycles. The molecule has 0 fully saturated rings. The summed E-state index contributed by atoms with van der Waals surface area (Å²) in [7, 11) is 1.48. The van der Waals surface area contributed by atoms with Gasteiger partial charge in [-0.3, -0.25) is 14.3 Å². The summed E-state index contributed by atoms with van der Waals surface area (Å²) in [5.41, 5.74) is 2.73. The van der Waals surface area contributed by atoms with E-state index in [9.17, 15) is 19.8 Å². The van der Waals surface area contributed by atoms with Gasteiger partial charge >= 0.3 is 5.69 Å². The minimum atomic E-state index is -1.00. The maximum absolute atomic E-state index is 12.6. The van der Waals surface area contributed by atoms with Crippen LogP contribution in [0.1, 0.15) is 12.5 Å². The smallest absolute Gasteiger partial charge is 0.329 e. The number of aromatic hydroxyl groups is 1. The summed E-state index contributed by atoms with van der Waals surface area (Å²) in [6, 6.07) is 15.7. The van der Waals surface area contributed by atoms with Crippen molar-refractivity contribution < 1.29 is 14.9 Å². The molecule has 11 heteroatoms. The molecule has 4 N–H and O–H groups in total. The number of aryl methyl sites for hydroxylation is 1. The molecule has 0 aliphatic rings. The van der Waals surface area contributed by atoms with E-state index in [1.165, 1.54) is 16.2 Å². The Balaban J connectivity index is 1.67. The summed E-state index contributed by atoms with van der Waals surface area (Å²) < 4.78 is 8.25. The number of hydrogen-bond acceptors (Lipinski definition) is 8. The van der Waals surface area contributed by atoms with Gasteiger partial charge in [0, 0.05) is 12.6 Å². The van der Waals surface area contributed by atoms with Crippen LogP contribution < -0.4 is 21.4 Å². The largest absolute Gasteiger partial charge is 0.507 e. The number of hydrogen-bond donors (Lipinski definition) is 4. The highest BCUT2D eigenvalue weighted by molar-refractivity contribution is 6.01. The lowest BCUT2D eigenvalue weighted by Gasteiger charge is -2.15. The van der Waals surface area contributed by atoms with Crippen molar-refractivity contribution in [3.63, 3.8) is 0 Å². The summed E-state index contributed by atoms with van der Waals surface area (Å²) in [5, 5.41) is 25.0. The van der Waals surface area contributed by atoms with E-state index in [1.54, 1.807) is 43.3 Å². The van der Waals surface area contributed by atoms with Gasteiger partial charge in [0.25, 0.3) is 5.56 Å². The number of nitrogens with one attached hydrogen (secondary N) is 2. The van der Waals surface area contributed by atoms with Gasteiger partial charge in [-0.2, -0.15) is 10.1 Å². The fourth-order valence-electron chi connectivity index (χ4n) is 3.44. The Morgan fingerprint density at radius 3 is 2.62 bits per heavy atom. The monoisotopic (exact) mass is 464 g/mol. The average Bonchev–Trinajstić information content (AvgIpc) is 3.19. The summed E-state index contributed by atoms with van der Waals surface area (Å²) >= 11 is 0. The Morgan fingerprint density at radius 2 is 1.88 bits per heavy atom. The molecule has 4 aromatic rings. The van der Waals surface area contributed by atoms with Gasteiger partial charge in [0.15, 0.2) is 11.2 Å². The predicted molar refractivity (Wildman–Crippen MR) is 127 cm³/mol. The van der Waals surface area contributed by atoms with Crippen molar-refractivity contribution in [1.82, 2.24) is 19.1 Å². The molecule has 0 aliphatic carbocycles. The minimum absolute atomic E-state index is 0.0347. The summed E-state index contributed by atoms with van der Waals surface area (Å²) in [4.78, 5) is 31.3. The quantitative estimate of drug-likeness (QED) is 0.228. The number of aromatic nitrogens is 4. The van der Waals surface area contributed by atoms with Crippen LogP contribution in [0.15, 0.2) is 69.3 Å². The SMILES string of the molecule is C/C(=N\Nc1nc2c(c(=O)[nH]c(=O)n2C)n1CC(O)COc1ccccc1)c1ccccc1O. The lowest BCUT2D eigenvalue weighted by atomic mass is 10.1. The molecule has 2 heterocycles. The number of imidazole rings is 1. The molecule has 4 rings (SSSR count). The van der Waals surface area contributed by atoms with Crippen LogP contribution in [0.5, 0.6) is 11.5 Å². The Kier molecular flexibility index (Phi) is 6.46. The zero-order valence-corrected chi connectivity index (χ0v) is 18.6. The number of aliphatic hydroxyl groups excluding tert-OH is 1. The standard InChI is InChI=1S/C23H24N6O5/c1-14(17-10-6-7-11-18(17)31)26-27-22-24-20-19(21(32)25-23(33)28(20)2)29(22)12-15(30)13-34-16-8-4-3-5-9-16/h3-11,15,30-31H,12-13H2,1-2H3,(H,24,27)(H,25,32,33)/b26-14+. The third-order valence-electron chi connectivity index (χ3n) is 5.20. The third kappa shape index (κ3) is 4.69. The number of rotatable bonds is 8. The predicted octanol–water partition coefficient (Wildman–Crippen LogP) is 1.40. The second-order valence-corrected chi connectivity index (χ2v) is 7.64. The van der Waals surface area contributed by atoms with Crippen LogP contribution in [0, 0.1) is 0 Å². The van der Waals surface area contributed by atoms with E-state index in [-0.39, 0.29) is 36.0 Å². The van der Waals surface area contributed by atoms with Crippen molar-refractivity contribution in [1.29, 1.82) is 0 Å². The van der Waals surface area contributed by atoms with Crippen LogP contribution in [0.3, 0.4) is 0 Å². The van der Waals surface area contributed by atoms with Gasteiger partial charge in [-0.05, 0) is 31.2 Å². The van der Waals surface area contributed by atoms with Gasteiger partial charge in [0.05, 0.1) is 12.3 Å². The first-order valence-corrected chi connectivity index (χ1v) is 10.5. The van der Waals surface area contributed by atoms with Crippen LogP contribution in [0.4, 0.5) is 5.95 Å². The Labute approximate surface area is 193 Å². The van der Waals surface area contributed by atoms with Crippen molar-refractivity contribution in [3.05, 3.63) is 81.0 Å². The number of ether oxygens (including phenoxy) is 1. The molecule has 2 aromatic carbocycles. The van der Waals surface area contributed by atoms with Gasteiger partial charge < -0.3 is 19.5 Å². The number of phenolic OH excluding ortho intramolecular Hbond substituents is 1. The number of H-pyrrole nitrogens is 1. The summed E-state index contributed by atoms with van der Waals surface area (Å²) in [6.07, 6.45) is -1.00. The normalized spacial score (nSPS) is 12.6. The molecule has 176 valence electrons. The zero-order valence-electron chi connectivity index (χ0n) is 18.6. The first-order chi connectivity index (χ1) is 16.3. The van der Waals surface area contributed by atoms with Crippen LogP contribution in [0.2, 0.25) is 0 Å². The molecule has 2 aromatic heterocycles. The molecule has 0 aliphatic heterocycles. The fourth-order valence-corrected chi connectivity index (χ4v) is 3.44. The molecule has 1 atom stereocenters. The maximum atomic E-state index is 12.6. The second-order valence-electron chi connectivity index (χ2n) is 7.64. The van der Waals surface area contributed by atoms with Crippen molar-refractivity contribution >= 4 is 22.8 Å². The minimum Gasteiger partial charge on any atom is -0.507 e. The Bertz CT molecular complexity index is 1450. The van der Waals surface area contributed by atoms with Crippen molar-refractivity contribution in [2.45, 2.75) is 19.6 Å². The Morgan fingerprint density at radius 1 is 1.18 bits per heavy atom. The topological polar surface area (TPSA) is 147 Å². The van der Waals surface area contributed by atoms with E-state index < -0.39 is 17.4 Å². The molecule has 0 spiro atoms. The first-order valence-electron chi connectivity index (χ1n) is 10.5. The lowest BCUT2D eigenvalue weighted by Crippen LogP contribution is -2.30. The van der Waals surface area contributed by atoms with E-state index in [1.807, 2.05) is 18.2 Å². The van der Waals surface area contributed by atoms with Crippen LogP contribution in [-0.4, -0.2) is 47.7 Å². The number of anilines is 1. The van der Waals surface area contributed by atoms with Gasteiger partial charge in [-0.25, -0.2) is 10.2 Å². The zero-order chi connectivity index (χ0) is 24.2. The van der Waals surface area contributed by atoms with Gasteiger partial charge in [-0.1, -0.05) is 30.3 Å². The number of aliphatic hydroxyl groups is 1. The Hall–Kier alpha value is -4.38.